The topological polar surface area (TPSA) is 49.9 Å². The van der Waals surface area contributed by atoms with Crippen molar-refractivity contribution >= 4 is 35.1 Å². The number of halogens is 2. The van der Waals surface area contributed by atoms with Crippen molar-refractivity contribution in [3.05, 3.63) is 72.6 Å². The van der Waals surface area contributed by atoms with Gasteiger partial charge < -0.3 is 4.98 Å². The molecule has 1 heterocycles. The molecule has 0 amide bonds. The van der Waals surface area contributed by atoms with Crippen molar-refractivity contribution in [3.8, 4) is 0 Å². The van der Waals surface area contributed by atoms with E-state index in [1.165, 1.54) is 0 Å². The highest BCUT2D eigenvalue weighted by Gasteiger charge is 2.16. The molecule has 1 aromatic carbocycles. The fourth-order valence-corrected chi connectivity index (χ4v) is 2.71. The highest BCUT2D eigenvalue weighted by atomic mass is 35.5. The molecule has 5 heteroatoms. The van der Waals surface area contributed by atoms with Gasteiger partial charge in [0.25, 0.3) is 5.56 Å². The molecular weight excluding hydrogens is 321 g/mol. The number of H-pyrrole nitrogens is 1. The van der Waals surface area contributed by atoms with E-state index in [0.717, 1.165) is 5.69 Å². The molecule has 0 atom stereocenters. The number of aromatic amines is 1. The average molecular weight is 336 g/mol. The smallest absolute Gasteiger partial charge is 0.259 e. The van der Waals surface area contributed by atoms with E-state index in [0.29, 0.717) is 26.7 Å². The molecule has 1 N–H and O–H groups in total. The van der Waals surface area contributed by atoms with Crippen LogP contribution in [0.2, 0.25) is 10.0 Å². The number of carbonyl (C=O) groups is 1. The van der Waals surface area contributed by atoms with Gasteiger partial charge in [0.05, 0.1) is 5.56 Å². The van der Waals surface area contributed by atoms with Crippen LogP contribution in [0.4, 0.5) is 0 Å². The Balaban J connectivity index is 2.45. The van der Waals surface area contributed by atoms with E-state index in [9.17, 15) is 9.59 Å². The number of aryl methyl sites for hydroxylation is 2. The summed E-state index contributed by atoms with van der Waals surface area (Å²) in [6, 6.07) is 6.81. The summed E-state index contributed by atoms with van der Waals surface area (Å²) in [5, 5.41) is 0.978. The van der Waals surface area contributed by atoms with E-state index in [1.807, 2.05) is 0 Å². The zero-order valence-corrected chi connectivity index (χ0v) is 14.0. The highest BCUT2D eigenvalue weighted by Crippen LogP contribution is 2.24. The second-order valence-electron chi connectivity index (χ2n) is 5.16. The lowest BCUT2D eigenvalue weighted by molar-refractivity contribution is 0.103. The summed E-state index contributed by atoms with van der Waals surface area (Å²) in [6.07, 6.45) is 1.65. The van der Waals surface area contributed by atoms with Gasteiger partial charge in [-0.2, -0.15) is 0 Å². The number of hydrogen-bond donors (Lipinski definition) is 1. The third-order valence-electron chi connectivity index (χ3n) is 3.28. The molecule has 114 valence electrons. The SMILES string of the molecule is C/C(=C\c1ccc(Cl)cc1Cl)C(=O)c1c(C)cc(C)[nH]c1=O. The van der Waals surface area contributed by atoms with Gasteiger partial charge in [-0.05, 0) is 61.7 Å². The second kappa shape index (κ2) is 6.51. The number of carbonyl (C=O) groups excluding carboxylic acids is 1. The van der Waals surface area contributed by atoms with Crippen LogP contribution in [-0.4, -0.2) is 10.8 Å². The average Bonchev–Trinajstić information content (AvgIpc) is 2.40. The first kappa shape index (κ1) is 16.5. The fourth-order valence-electron chi connectivity index (χ4n) is 2.25. The summed E-state index contributed by atoms with van der Waals surface area (Å²) in [6.45, 7) is 5.18. The Hall–Kier alpha value is -1.84. The van der Waals surface area contributed by atoms with Gasteiger partial charge >= 0.3 is 0 Å². The summed E-state index contributed by atoms with van der Waals surface area (Å²) < 4.78 is 0. The summed E-state index contributed by atoms with van der Waals surface area (Å²) in [4.78, 5) is 27.2. The van der Waals surface area contributed by atoms with Gasteiger partial charge in [0, 0.05) is 15.7 Å². The Kier molecular flexibility index (Phi) is 4.89. The Morgan fingerprint density at radius 2 is 1.86 bits per heavy atom. The van der Waals surface area contributed by atoms with E-state index in [2.05, 4.69) is 4.98 Å². The Morgan fingerprint density at radius 1 is 1.18 bits per heavy atom. The van der Waals surface area contributed by atoms with E-state index >= 15 is 0 Å². The van der Waals surface area contributed by atoms with Crippen molar-refractivity contribution in [1.29, 1.82) is 0 Å². The summed E-state index contributed by atoms with van der Waals surface area (Å²) in [5.41, 5.74) is 2.27. The van der Waals surface area contributed by atoms with Crippen molar-refractivity contribution < 1.29 is 4.79 Å². The molecule has 0 aliphatic carbocycles. The monoisotopic (exact) mass is 335 g/mol. The zero-order valence-electron chi connectivity index (χ0n) is 12.5. The van der Waals surface area contributed by atoms with Crippen LogP contribution in [0.15, 0.2) is 34.6 Å². The summed E-state index contributed by atoms with van der Waals surface area (Å²) in [7, 11) is 0. The minimum atomic E-state index is -0.377. The van der Waals surface area contributed by atoms with Crippen LogP contribution in [0.1, 0.15) is 34.1 Å². The Morgan fingerprint density at radius 3 is 2.45 bits per heavy atom. The molecule has 1 aromatic heterocycles. The number of allylic oxidation sites excluding steroid dienone is 1. The number of nitrogens with one attached hydrogen (secondary N) is 1. The Bertz CT molecular complexity index is 835. The van der Waals surface area contributed by atoms with E-state index < -0.39 is 0 Å². The molecule has 2 aromatic rings. The van der Waals surface area contributed by atoms with Crippen LogP contribution in [0.3, 0.4) is 0 Å². The molecule has 0 unspecified atom stereocenters. The van der Waals surface area contributed by atoms with Crippen LogP contribution < -0.4 is 5.56 Å². The van der Waals surface area contributed by atoms with Gasteiger partial charge in [-0.15, -0.1) is 0 Å². The van der Waals surface area contributed by atoms with Gasteiger partial charge in [-0.3, -0.25) is 9.59 Å². The normalized spacial score (nSPS) is 11.6. The number of hydrogen-bond acceptors (Lipinski definition) is 2. The zero-order chi connectivity index (χ0) is 16.4. The van der Waals surface area contributed by atoms with Gasteiger partial charge in [0.15, 0.2) is 5.78 Å². The van der Waals surface area contributed by atoms with Gasteiger partial charge in [0.2, 0.25) is 0 Å². The summed E-state index contributed by atoms with van der Waals surface area (Å²) >= 11 is 12.0. The number of benzene rings is 1. The van der Waals surface area contributed by atoms with Crippen LogP contribution in [0, 0.1) is 13.8 Å². The quantitative estimate of drug-likeness (QED) is 0.659. The molecule has 3 nitrogen and oxygen atoms in total. The predicted octanol–water partition coefficient (Wildman–Crippen LogP) is 4.58. The molecule has 2 rings (SSSR count). The lowest BCUT2D eigenvalue weighted by Crippen LogP contribution is -2.21. The van der Waals surface area contributed by atoms with Crippen molar-refractivity contribution in [1.82, 2.24) is 4.98 Å². The number of pyridine rings is 1. The molecule has 0 bridgehead atoms. The van der Waals surface area contributed by atoms with Crippen molar-refractivity contribution in [2.45, 2.75) is 20.8 Å². The van der Waals surface area contributed by atoms with Gasteiger partial charge in [-0.1, -0.05) is 29.3 Å². The summed E-state index contributed by atoms with van der Waals surface area (Å²) in [5.74, 6) is -0.315. The van der Waals surface area contributed by atoms with Crippen molar-refractivity contribution in [2.75, 3.05) is 0 Å². The van der Waals surface area contributed by atoms with Gasteiger partial charge in [-0.25, -0.2) is 0 Å². The lowest BCUT2D eigenvalue weighted by atomic mass is 9.99. The van der Waals surface area contributed by atoms with Crippen LogP contribution in [0.5, 0.6) is 0 Å². The minimum Gasteiger partial charge on any atom is -0.326 e. The first-order valence-electron chi connectivity index (χ1n) is 6.68. The minimum absolute atomic E-state index is 0.157. The largest absolute Gasteiger partial charge is 0.326 e. The Labute approximate surface area is 138 Å². The number of ketones is 1. The van der Waals surface area contributed by atoms with Crippen molar-refractivity contribution in [3.63, 3.8) is 0 Å². The molecule has 0 radical (unpaired) electrons. The lowest BCUT2D eigenvalue weighted by Gasteiger charge is -2.06. The second-order valence-corrected chi connectivity index (χ2v) is 6.01. The number of rotatable bonds is 3. The van der Waals surface area contributed by atoms with Crippen LogP contribution in [-0.2, 0) is 0 Å². The molecule has 0 fully saturated rings. The third kappa shape index (κ3) is 3.49. The molecule has 0 saturated carbocycles. The van der Waals surface area contributed by atoms with E-state index in [-0.39, 0.29) is 16.9 Å². The molecule has 0 spiro atoms. The van der Waals surface area contributed by atoms with Crippen LogP contribution >= 0.6 is 23.2 Å². The first-order chi connectivity index (χ1) is 10.3. The van der Waals surface area contributed by atoms with E-state index in [4.69, 9.17) is 23.2 Å². The van der Waals surface area contributed by atoms with Crippen molar-refractivity contribution in [2.24, 2.45) is 0 Å². The maximum atomic E-state index is 12.5. The molecule has 0 aliphatic heterocycles. The standard InChI is InChI=1S/C17H15Cl2NO2/c1-9-6-11(3)20-17(22)15(9)16(21)10(2)7-12-4-5-13(18)8-14(12)19/h4-8H,1-3H3,(H,20,22)/b10-7+. The maximum absolute atomic E-state index is 12.5. The van der Waals surface area contributed by atoms with Gasteiger partial charge in [0.1, 0.15) is 0 Å². The molecular formula is C17H15Cl2NO2. The molecule has 0 saturated heterocycles. The molecule has 0 aliphatic rings. The number of aromatic nitrogens is 1. The molecule has 22 heavy (non-hydrogen) atoms. The predicted molar refractivity (Wildman–Crippen MR) is 91.0 cm³/mol. The number of Topliss-reactive ketones (excluding diaryl/α,β-unsaturated/α-hetero) is 1. The highest BCUT2D eigenvalue weighted by molar-refractivity contribution is 6.35. The third-order valence-corrected chi connectivity index (χ3v) is 3.85. The van der Waals surface area contributed by atoms with Crippen LogP contribution in [0.25, 0.3) is 6.08 Å². The maximum Gasteiger partial charge on any atom is 0.259 e. The fraction of sp³-hybridized carbons (Fsp3) is 0.176. The first-order valence-corrected chi connectivity index (χ1v) is 7.43. The van der Waals surface area contributed by atoms with E-state index in [1.54, 1.807) is 51.1 Å².